The summed E-state index contributed by atoms with van der Waals surface area (Å²) in [5.74, 6) is 0. The van der Waals surface area contributed by atoms with Crippen LogP contribution in [0.1, 0.15) is 11.1 Å². The standard InChI is InChI=1S/C7H5F3INO/c8-7(9,10)5-1-2-12-6(11)4(5)3-13/h1-2,13H,3H2. The number of alkyl halides is 3. The van der Waals surface area contributed by atoms with Crippen LogP contribution in [0.5, 0.6) is 0 Å². The predicted octanol–water partition coefficient (Wildman–Crippen LogP) is 2.20. The molecule has 0 atom stereocenters. The second-order valence-electron chi connectivity index (χ2n) is 2.28. The van der Waals surface area contributed by atoms with E-state index in [2.05, 4.69) is 4.98 Å². The van der Waals surface area contributed by atoms with Crippen LogP contribution in [0.4, 0.5) is 13.2 Å². The van der Waals surface area contributed by atoms with Crippen molar-refractivity contribution in [3.8, 4) is 0 Å². The van der Waals surface area contributed by atoms with Crippen molar-refractivity contribution in [2.45, 2.75) is 12.8 Å². The van der Waals surface area contributed by atoms with E-state index >= 15 is 0 Å². The summed E-state index contributed by atoms with van der Waals surface area (Å²) >= 11 is 1.65. The summed E-state index contributed by atoms with van der Waals surface area (Å²) in [5.41, 5.74) is -0.995. The summed E-state index contributed by atoms with van der Waals surface area (Å²) < 4.78 is 37.0. The highest BCUT2D eigenvalue weighted by molar-refractivity contribution is 14.1. The molecule has 0 saturated carbocycles. The molecular weight excluding hydrogens is 298 g/mol. The van der Waals surface area contributed by atoms with Crippen molar-refractivity contribution in [2.75, 3.05) is 0 Å². The Kier molecular flexibility index (Phi) is 3.12. The third kappa shape index (κ3) is 2.31. The molecule has 0 amide bonds. The van der Waals surface area contributed by atoms with Gasteiger partial charge in [0.1, 0.15) is 3.70 Å². The van der Waals surface area contributed by atoms with Crippen LogP contribution in [0.2, 0.25) is 0 Å². The minimum absolute atomic E-state index is 0.171. The molecule has 72 valence electrons. The minimum atomic E-state index is -4.43. The van der Waals surface area contributed by atoms with E-state index in [0.717, 1.165) is 12.3 Å². The molecule has 1 aromatic heterocycles. The van der Waals surface area contributed by atoms with E-state index in [0.29, 0.717) is 0 Å². The van der Waals surface area contributed by atoms with Crippen molar-refractivity contribution >= 4 is 22.6 Å². The number of aliphatic hydroxyl groups is 1. The summed E-state index contributed by atoms with van der Waals surface area (Å²) in [4.78, 5) is 3.65. The van der Waals surface area contributed by atoms with Gasteiger partial charge in [0.05, 0.1) is 12.2 Å². The number of aliphatic hydroxyl groups excluding tert-OH is 1. The van der Waals surface area contributed by atoms with E-state index in [9.17, 15) is 13.2 Å². The van der Waals surface area contributed by atoms with Gasteiger partial charge in [-0.2, -0.15) is 13.2 Å². The van der Waals surface area contributed by atoms with E-state index in [1.165, 1.54) is 0 Å². The number of hydrogen-bond donors (Lipinski definition) is 1. The first-order valence-electron chi connectivity index (χ1n) is 3.28. The fraction of sp³-hybridized carbons (Fsp3) is 0.286. The van der Waals surface area contributed by atoms with Crippen molar-refractivity contribution < 1.29 is 18.3 Å². The van der Waals surface area contributed by atoms with Crippen LogP contribution in [-0.2, 0) is 12.8 Å². The number of nitrogens with zero attached hydrogens (tertiary/aromatic N) is 1. The number of halogens is 4. The second kappa shape index (κ2) is 3.79. The Bertz CT molecular complexity index is 313. The zero-order valence-electron chi connectivity index (χ0n) is 6.27. The second-order valence-corrected chi connectivity index (χ2v) is 3.31. The molecule has 6 heteroatoms. The van der Waals surface area contributed by atoms with Crippen LogP contribution in [0.3, 0.4) is 0 Å². The molecule has 0 fully saturated rings. The van der Waals surface area contributed by atoms with Crippen LogP contribution < -0.4 is 0 Å². The van der Waals surface area contributed by atoms with Gasteiger partial charge in [-0.15, -0.1) is 0 Å². The van der Waals surface area contributed by atoms with E-state index in [-0.39, 0.29) is 9.26 Å². The highest BCUT2D eigenvalue weighted by atomic mass is 127. The van der Waals surface area contributed by atoms with Gasteiger partial charge >= 0.3 is 6.18 Å². The van der Waals surface area contributed by atoms with Gasteiger partial charge in [-0.3, -0.25) is 0 Å². The first-order valence-corrected chi connectivity index (χ1v) is 4.36. The van der Waals surface area contributed by atoms with Crippen LogP contribution in [0.25, 0.3) is 0 Å². The Labute approximate surface area is 85.9 Å². The molecule has 0 aliphatic heterocycles. The predicted molar refractivity (Wildman–Crippen MR) is 47.9 cm³/mol. The number of hydrogen-bond acceptors (Lipinski definition) is 2. The monoisotopic (exact) mass is 303 g/mol. The fourth-order valence-corrected chi connectivity index (χ4v) is 1.50. The number of rotatable bonds is 1. The third-order valence-electron chi connectivity index (χ3n) is 1.47. The SMILES string of the molecule is OCc1c(C(F)(F)F)ccnc1I. The molecule has 1 heterocycles. The summed E-state index contributed by atoms with van der Waals surface area (Å²) in [7, 11) is 0. The number of pyridine rings is 1. The van der Waals surface area contributed by atoms with Gasteiger partial charge in [-0.05, 0) is 28.7 Å². The van der Waals surface area contributed by atoms with Crippen LogP contribution in [0.15, 0.2) is 12.3 Å². The molecule has 1 aromatic rings. The van der Waals surface area contributed by atoms with Crippen molar-refractivity contribution in [1.29, 1.82) is 0 Å². The highest BCUT2D eigenvalue weighted by Crippen LogP contribution is 2.32. The van der Waals surface area contributed by atoms with Crippen molar-refractivity contribution in [3.63, 3.8) is 0 Å². The van der Waals surface area contributed by atoms with Gasteiger partial charge in [-0.1, -0.05) is 0 Å². The summed E-state index contributed by atoms with van der Waals surface area (Å²) in [5, 5.41) is 8.72. The Morgan fingerprint density at radius 3 is 2.46 bits per heavy atom. The van der Waals surface area contributed by atoms with Gasteiger partial charge in [0.25, 0.3) is 0 Å². The average Bonchev–Trinajstić information content (AvgIpc) is 2.02. The van der Waals surface area contributed by atoms with E-state index in [1.54, 1.807) is 22.6 Å². The lowest BCUT2D eigenvalue weighted by Crippen LogP contribution is -2.11. The maximum absolute atomic E-state index is 12.3. The normalized spacial score (nSPS) is 11.8. The largest absolute Gasteiger partial charge is 0.416 e. The van der Waals surface area contributed by atoms with E-state index < -0.39 is 18.3 Å². The summed E-state index contributed by atoms with van der Waals surface area (Å²) in [6, 6.07) is 0.855. The van der Waals surface area contributed by atoms with E-state index in [4.69, 9.17) is 5.11 Å². The molecule has 2 nitrogen and oxygen atoms in total. The molecule has 0 aliphatic rings. The number of aromatic nitrogens is 1. The molecule has 1 rings (SSSR count). The molecule has 13 heavy (non-hydrogen) atoms. The van der Waals surface area contributed by atoms with Crippen molar-refractivity contribution in [3.05, 3.63) is 27.1 Å². The third-order valence-corrected chi connectivity index (χ3v) is 2.40. The average molecular weight is 303 g/mol. The minimum Gasteiger partial charge on any atom is -0.392 e. The summed E-state index contributed by atoms with van der Waals surface area (Å²) in [6.07, 6.45) is -3.36. The highest BCUT2D eigenvalue weighted by Gasteiger charge is 2.33. The fourth-order valence-electron chi connectivity index (χ4n) is 0.883. The molecule has 0 unspecified atom stereocenters. The molecule has 0 bridgehead atoms. The van der Waals surface area contributed by atoms with E-state index in [1.807, 2.05) is 0 Å². The van der Waals surface area contributed by atoms with Crippen LogP contribution in [0, 0.1) is 3.70 Å². The van der Waals surface area contributed by atoms with Gasteiger partial charge in [0.15, 0.2) is 0 Å². The lowest BCUT2D eigenvalue weighted by atomic mass is 10.1. The zero-order valence-corrected chi connectivity index (χ0v) is 8.43. The Morgan fingerprint density at radius 2 is 2.08 bits per heavy atom. The molecule has 0 aliphatic carbocycles. The van der Waals surface area contributed by atoms with Crippen LogP contribution in [-0.4, -0.2) is 10.1 Å². The molecule has 0 radical (unpaired) electrons. The smallest absolute Gasteiger partial charge is 0.392 e. The quantitative estimate of drug-likeness (QED) is 0.637. The maximum Gasteiger partial charge on any atom is 0.416 e. The molecule has 1 N–H and O–H groups in total. The Hall–Kier alpha value is -0.370. The van der Waals surface area contributed by atoms with Crippen molar-refractivity contribution in [2.24, 2.45) is 0 Å². The van der Waals surface area contributed by atoms with Gasteiger partial charge in [0, 0.05) is 11.8 Å². The Morgan fingerprint density at radius 1 is 1.46 bits per heavy atom. The molecule has 0 saturated heterocycles. The Balaban J connectivity index is 3.29. The van der Waals surface area contributed by atoms with Gasteiger partial charge < -0.3 is 5.11 Å². The first-order chi connectivity index (χ1) is 5.96. The first kappa shape index (κ1) is 10.7. The molecule has 0 spiro atoms. The van der Waals surface area contributed by atoms with Crippen molar-refractivity contribution in [1.82, 2.24) is 4.98 Å². The summed E-state index contributed by atoms with van der Waals surface area (Å²) in [6.45, 7) is -0.652. The lowest BCUT2D eigenvalue weighted by Gasteiger charge is -2.11. The van der Waals surface area contributed by atoms with Gasteiger partial charge in [-0.25, -0.2) is 4.98 Å². The molecular formula is C7H5F3INO. The lowest BCUT2D eigenvalue weighted by molar-refractivity contribution is -0.138. The molecule has 0 aromatic carbocycles. The van der Waals surface area contributed by atoms with Crippen LogP contribution >= 0.6 is 22.6 Å². The topological polar surface area (TPSA) is 33.1 Å². The van der Waals surface area contributed by atoms with Gasteiger partial charge in [0.2, 0.25) is 0 Å². The maximum atomic E-state index is 12.3. The zero-order chi connectivity index (χ0) is 10.1.